The number of nitrogens with two attached hydrogens (primary N) is 2. The fourth-order valence-corrected chi connectivity index (χ4v) is 2.28. The second-order valence-electron chi connectivity index (χ2n) is 5.22. The van der Waals surface area contributed by atoms with E-state index < -0.39 is 11.4 Å². The molecule has 108 valence electrons. The normalized spacial score (nSPS) is 16.1. The average molecular weight is 277 g/mol. The third-order valence-corrected chi connectivity index (χ3v) is 3.62. The molecular formula is C14H19N3O3. The van der Waals surface area contributed by atoms with Crippen molar-refractivity contribution in [3.63, 3.8) is 0 Å². The summed E-state index contributed by atoms with van der Waals surface area (Å²) in [6, 6.07) is 4.65. The Labute approximate surface area is 117 Å². The molecule has 1 aliphatic rings. The van der Waals surface area contributed by atoms with Gasteiger partial charge in [-0.3, -0.25) is 9.59 Å². The van der Waals surface area contributed by atoms with Crippen LogP contribution in [0.25, 0.3) is 0 Å². The van der Waals surface area contributed by atoms with Crippen molar-refractivity contribution in [1.29, 1.82) is 0 Å². The minimum atomic E-state index is -0.558. The highest BCUT2D eigenvalue weighted by Gasteiger charge is 2.34. The number of rotatable bonds is 5. The highest BCUT2D eigenvalue weighted by atomic mass is 16.5. The number of carbonyl (C=O) groups is 2. The standard InChI is InChI=1S/C14H19N3O3/c1-20-11-4-3-9(13(15)19)7-10(11)17-12(18)8-14(16)5-2-6-14/h3-4,7H,2,5-6,8,16H2,1H3,(H2,15,19)(H,17,18). The average Bonchev–Trinajstić information content (AvgIpc) is 2.36. The summed E-state index contributed by atoms with van der Waals surface area (Å²) >= 11 is 0. The number of amides is 2. The molecule has 1 aliphatic carbocycles. The van der Waals surface area contributed by atoms with Crippen LogP contribution in [0.2, 0.25) is 0 Å². The van der Waals surface area contributed by atoms with Crippen LogP contribution in [0.1, 0.15) is 36.0 Å². The van der Waals surface area contributed by atoms with E-state index in [9.17, 15) is 9.59 Å². The molecule has 0 bridgehead atoms. The molecule has 6 heteroatoms. The topological polar surface area (TPSA) is 107 Å². The van der Waals surface area contributed by atoms with Crippen LogP contribution in [-0.4, -0.2) is 24.5 Å². The van der Waals surface area contributed by atoms with Gasteiger partial charge in [0.05, 0.1) is 12.8 Å². The Hall–Kier alpha value is -2.08. The number of hydrogen-bond donors (Lipinski definition) is 3. The van der Waals surface area contributed by atoms with E-state index in [2.05, 4.69) is 5.32 Å². The first kappa shape index (κ1) is 14.3. The molecule has 0 saturated heterocycles. The summed E-state index contributed by atoms with van der Waals surface area (Å²) in [6.07, 6.45) is 3.04. The summed E-state index contributed by atoms with van der Waals surface area (Å²) in [5, 5.41) is 2.73. The van der Waals surface area contributed by atoms with E-state index in [4.69, 9.17) is 16.2 Å². The van der Waals surface area contributed by atoms with Crippen LogP contribution in [0.4, 0.5) is 5.69 Å². The van der Waals surface area contributed by atoms with Crippen molar-refractivity contribution in [3.05, 3.63) is 23.8 Å². The van der Waals surface area contributed by atoms with Crippen LogP contribution in [0.3, 0.4) is 0 Å². The molecule has 0 atom stereocenters. The molecule has 0 spiro atoms. The molecular weight excluding hydrogens is 258 g/mol. The van der Waals surface area contributed by atoms with Gasteiger partial charge in [0, 0.05) is 17.5 Å². The van der Waals surface area contributed by atoms with Gasteiger partial charge in [-0.05, 0) is 37.5 Å². The maximum Gasteiger partial charge on any atom is 0.248 e. The van der Waals surface area contributed by atoms with Gasteiger partial charge in [-0.1, -0.05) is 0 Å². The number of ether oxygens (including phenoxy) is 1. The lowest BCUT2D eigenvalue weighted by molar-refractivity contribution is -0.118. The third-order valence-electron chi connectivity index (χ3n) is 3.62. The number of nitrogens with one attached hydrogen (secondary N) is 1. The Morgan fingerprint density at radius 2 is 2.10 bits per heavy atom. The third kappa shape index (κ3) is 3.08. The summed E-state index contributed by atoms with van der Waals surface area (Å²) in [5.74, 6) is -0.271. The Bertz CT molecular complexity index is 538. The number of benzene rings is 1. The molecule has 5 N–H and O–H groups in total. The molecule has 2 amide bonds. The maximum absolute atomic E-state index is 12.0. The summed E-state index contributed by atoms with van der Waals surface area (Å²) in [6.45, 7) is 0. The van der Waals surface area contributed by atoms with Crippen molar-refractivity contribution < 1.29 is 14.3 Å². The lowest BCUT2D eigenvalue weighted by Crippen LogP contribution is -2.48. The summed E-state index contributed by atoms with van der Waals surface area (Å²) < 4.78 is 5.15. The Balaban J connectivity index is 2.12. The molecule has 2 rings (SSSR count). The van der Waals surface area contributed by atoms with E-state index in [1.54, 1.807) is 12.1 Å². The molecule has 6 nitrogen and oxygen atoms in total. The van der Waals surface area contributed by atoms with Gasteiger partial charge in [0.25, 0.3) is 0 Å². The molecule has 0 aromatic heterocycles. The second-order valence-corrected chi connectivity index (χ2v) is 5.22. The monoisotopic (exact) mass is 277 g/mol. The van der Waals surface area contributed by atoms with Crippen molar-refractivity contribution in [3.8, 4) is 5.75 Å². The molecule has 0 unspecified atom stereocenters. The van der Waals surface area contributed by atoms with Crippen LogP contribution in [0.5, 0.6) is 5.75 Å². The van der Waals surface area contributed by atoms with Gasteiger partial charge in [0.2, 0.25) is 11.8 Å². The van der Waals surface area contributed by atoms with Crippen LogP contribution in [0.15, 0.2) is 18.2 Å². The number of methoxy groups -OCH3 is 1. The minimum Gasteiger partial charge on any atom is -0.495 e. The number of carbonyl (C=O) groups excluding carboxylic acids is 2. The van der Waals surface area contributed by atoms with Crippen molar-refractivity contribution in [2.45, 2.75) is 31.2 Å². The van der Waals surface area contributed by atoms with Gasteiger partial charge in [0.15, 0.2) is 0 Å². The van der Waals surface area contributed by atoms with Gasteiger partial charge in [-0.2, -0.15) is 0 Å². The first-order valence-electron chi connectivity index (χ1n) is 6.50. The zero-order valence-electron chi connectivity index (χ0n) is 11.4. The Morgan fingerprint density at radius 1 is 1.40 bits per heavy atom. The summed E-state index contributed by atoms with van der Waals surface area (Å²) in [5.41, 5.74) is 11.6. The van der Waals surface area contributed by atoms with Crippen LogP contribution in [0, 0.1) is 0 Å². The zero-order chi connectivity index (χ0) is 14.8. The smallest absolute Gasteiger partial charge is 0.248 e. The number of anilines is 1. The molecule has 20 heavy (non-hydrogen) atoms. The van der Waals surface area contributed by atoms with Gasteiger partial charge in [-0.25, -0.2) is 0 Å². The van der Waals surface area contributed by atoms with Gasteiger partial charge < -0.3 is 21.5 Å². The van der Waals surface area contributed by atoms with Crippen molar-refractivity contribution in [2.24, 2.45) is 11.5 Å². The van der Waals surface area contributed by atoms with Crippen molar-refractivity contribution >= 4 is 17.5 Å². The largest absolute Gasteiger partial charge is 0.495 e. The van der Waals surface area contributed by atoms with Crippen LogP contribution in [-0.2, 0) is 4.79 Å². The fraction of sp³-hybridized carbons (Fsp3) is 0.429. The lowest BCUT2D eigenvalue weighted by atomic mass is 9.75. The molecule has 0 radical (unpaired) electrons. The van der Waals surface area contributed by atoms with Crippen LogP contribution >= 0.6 is 0 Å². The molecule has 1 aromatic carbocycles. The second kappa shape index (κ2) is 5.50. The Kier molecular flexibility index (Phi) is 3.94. The molecule has 1 fully saturated rings. The predicted molar refractivity (Wildman–Crippen MR) is 75.5 cm³/mol. The summed E-state index contributed by atoms with van der Waals surface area (Å²) in [7, 11) is 1.49. The van der Waals surface area contributed by atoms with E-state index in [-0.39, 0.29) is 12.3 Å². The number of hydrogen-bond acceptors (Lipinski definition) is 4. The van der Waals surface area contributed by atoms with E-state index in [1.807, 2.05) is 0 Å². The van der Waals surface area contributed by atoms with E-state index in [0.29, 0.717) is 17.0 Å². The molecule has 0 aliphatic heterocycles. The van der Waals surface area contributed by atoms with E-state index >= 15 is 0 Å². The lowest BCUT2D eigenvalue weighted by Gasteiger charge is -2.37. The highest BCUT2D eigenvalue weighted by Crippen LogP contribution is 2.33. The van der Waals surface area contributed by atoms with Gasteiger partial charge in [-0.15, -0.1) is 0 Å². The van der Waals surface area contributed by atoms with E-state index in [0.717, 1.165) is 19.3 Å². The predicted octanol–water partition coefficient (Wildman–Crippen LogP) is 1.00. The van der Waals surface area contributed by atoms with Crippen molar-refractivity contribution in [2.75, 3.05) is 12.4 Å². The zero-order valence-corrected chi connectivity index (χ0v) is 11.4. The quantitative estimate of drug-likeness (QED) is 0.746. The highest BCUT2D eigenvalue weighted by molar-refractivity contribution is 5.97. The van der Waals surface area contributed by atoms with Crippen LogP contribution < -0.4 is 21.5 Å². The molecule has 1 aromatic rings. The van der Waals surface area contributed by atoms with E-state index in [1.165, 1.54) is 13.2 Å². The van der Waals surface area contributed by atoms with Gasteiger partial charge in [0.1, 0.15) is 5.75 Å². The summed E-state index contributed by atoms with van der Waals surface area (Å²) in [4.78, 5) is 23.2. The Morgan fingerprint density at radius 3 is 2.60 bits per heavy atom. The first-order valence-corrected chi connectivity index (χ1v) is 6.50. The number of primary amides is 1. The molecule has 1 saturated carbocycles. The van der Waals surface area contributed by atoms with Gasteiger partial charge >= 0.3 is 0 Å². The molecule has 0 heterocycles. The first-order chi connectivity index (χ1) is 9.43. The fourth-order valence-electron chi connectivity index (χ4n) is 2.28. The van der Waals surface area contributed by atoms with Crippen molar-refractivity contribution in [1.82, 2.24) is 0 Å². The maximum atomic E-state index is 12.0. The SMILES string of the molecule is COc1ccc(C(N)=O)cc1NC(=O)CC1(N)CCC1. The minimum absolute atomic E-state index is 0.188.